The third-order valence-corrected chi connectivity index (χ3v) is 4.41. The van der Waals surface area contributed by atoms with Crippen LogP contribution in [0.2, 0.25) is 0 Å². The minimum atomic E-state index is -0.393. The van der Waals surface area contributed by atoms with Gasteiger partial charge in [-0.05, 0) is 35.1 Å². The van der Waals surface area contributed by atoms with Crippen molar-refractivity contribution in [1.29, 1.82) is 0 Å². The summed E-state index contributed by atoms with van der Waals surface area (Å²) in [5.41, 5.74) is 3.43. The number of ketones is 1. The summed E-state index contributed by atoms with van der Waals surface area (Å²) in [4.78, 5) is 12.0. The third kappa shape index (κ3) is 4.68. The predicted molar refractivity (Wildman–Crippen MR) is 96.4 cm³/mol. The number of methoxy groups -OCH3 is 1. The monoisotopic (exact) mass is 326 g/mol. The first-order valence-corrected chi connectivity index (χ1v) is 8.38. The molecule has 0 aliphatic rings. The Morgan fingerprint density at radius 3 is 2.38 bits per heavy atom. The lowest BCUT2D eigenvalue weighted by molar-refractivity contribution is -0.126. The van der Waals surface area contributed by atoms with E-state index in [2.05, 4.69) is 18.2 Å². The van der Waals surface area contributed by atoms with Crippen molar-refractivity contribution in [1.82, 2.24) is 0 Å². The van der Waals surface area contributed by atoms with Crippen molar-refractivity contribution in [3.05, 3.63) is 65.2 Å². The van der Waals surface area contributed by atoms with E-state index >= 15 is 0 Å². The van der Waals surface area contributed by atoms with Crippen LogP contribution < -0.4 is 4.74 Å². The molecule has 0 aromatic heterocycles. The minimum Gasteiger partial charge on any atom is -0.496 e. The van der Waals surface area contributed by atoms with E-state index in [1.807, 2.05) is 44.2 Å². The molecule has 0 aliphatic heterocycles. The van der Waals surface area contributed by atoms with Crippen LogP contribution in [0.15, 0.2) is 48.5 Å². The van der Waals surface area contributed by atoms with Gasteiger partial charge in [-0.2, -0.15) is 0 Å². The molecule has 0 heterocycles. The Kier molecular flexibility index (Phi) is 6.56. The highest BCUT2D eigenvalue weighted by molar-refractivity contribution is 5.82. The largest absolute Gasteiger partial charge is 0.496 e. The molecular formula is C21H26O3. The molecule has 2 aromatic carbocycles. The summed E-state index contributed by atoms with van der Waals surface area (Å²) in [7, 11) is 1.68. The number of ether oxygens (including phenoxy) is 1. The van der Waals surface area contributed by atoms with Crippen LogP contribution in [0.4, 0.5) is 0 Å². The summed E-state index contributed by atoms with van der Waals surface area (Å²) in [6.07, 6.45) is 1.43. The van der Waals surface area contributed by atoms with Gasteiger partial charge in [-0.1, -0.05) is 56.3 Å². The Morgan fingerprint density at radius 2 is 1.79 bits per heavy atom. The van der Waals surface area contributed by atoms with Crippen molar-refractivity contribution in [2.24, 2.45) is 11.8 Å². The number of aliphatic hydroxyl groups is 1. The highest BCUT2D eigenvalue weighted by Gasteiger charge is 2.22. The highest BCUT2D eigenvalue weighted by Crippen LogP contribution is 2.26. The molecule has 0 saturated heterocycles. The Morgan fingerprint density at radius 1 is 1.08 bits per heavy atom. The fraction of sp³-hybridized carbons (Fsp3) is 0.381. The van der Waals surface area contributed by atoms with Gasteiger partial charge in [0.2, 0.25) is 0 Å². The second-order valence-electron chi connectivity index (χ2n) is 6.49. The number of carbonyl (C=O) groups excluding carboxylic acids is 1. The fourth-order valence-corrected chi connectivity index (χ4v) is 3.01. The van der Waals surface area contributed by atoms with Crippen molar-refractivity contribution in [2.75, 3.05) is 13.7 Å². The smallest absolute Gasteiger partial charge is 0.161 e. The van der Waals surface area contributed by atoms with Crippen molar-refractivity contribution in [3.8, 4) is 5.75 Å². The van der Waals surface area contributed by atoms with E-state index in [0.29, 0.717) is 6.42 Å². The number of hydrogen-bond donors (Lipinski definition) is 1. The normalized spacial score (nSPS) is 12.2. The summed E-state index contributed by atoms with van der Waals surface area (Å²) in [5, 5.41) is 9.19. The van der Waals surface area contributed by atoms with Crippen LogP contribution in [-0.4, -0.2) is 24.6 Å². The summed E-state index contributed by atoms with van der Waals surface area (Å²) in [6.45, 7) is 3.65. The first-order chi connectivity index (χ1) is 11.5. The molecule has 0 spiro atoms. The Balaban J connectivity index is 2.25. The van der Waals surface area contributed by atoms with Gasteiger partial charge in [-0.25, -0.2) is 0 Å². The molecule has 2 rings (SSSR count). The van der Waals surface area contributed by atoms with Crippen molar-refractivity contribution >= 4 is 5.78 Å². The molecule has 0 bridgehead atoms. The van der Waals surface area contributed by atoms with Gasteiger partial charge < -0.3 is 9.84 Å². The van der Waals surface area contributed by atoms with E-state index in [1.54, 1.807) is 7.11 Å². The van der Waals surface area contributed by atoms with E-state index in [9.17, 15) is 9.90 Å². The average Bonchev–Trinajstić information content (AvgIpc) is 2.60. The van der Waals surface area contributed by atoms with Crippen LogP contribution in [0.25, 0.3) is 0 Å². The number of benzene rings is 2. The predicted octanol–water partition coefficient (Wildman–Crippen LogP) is 3.66. The van der Waals surface area contributed by atoms with Gasteiger partial charge in [0.25, 0.3) is 0 Å². The maximum absolute atomic E-state index is 12.0. The number of rotatable bonds is 8. The van der Waals surface area contributed by atoms with Gasteiger partial charge >= 0.3 is 0 Å². The molecule has 0 aliphatic carbocycles. The van der Waals surface area contributed by atoms with E-state index < -0.39 is 6.61 Å². The summed E-state index contributed by atoms with van der Waals surface area (Å²) in [6, 6.07) is 16.3. The van der Waals surface area contributed by atoms with Crippen molar-refractivity contribution in [3.63, 3.8) is 0 Å². The first kappa shape index (κ1) is 18.2. The quantitative estimate of drug-likeness (QED) is 0.805. The standard InChI is InChI=1S/C21H26O3/c1-15(2)19(20(23)14-22)13-17-9-10-21(24-3)18(12-17)11-16-7-5-4-6-8-16/h4-10,12,15,19,22H,11,13-14H2,1-3H3/t19-/m0/s1. The molecule has 1 N–H and O–H groups in total. The SMILES string of the molecule is COc1ccc(C[C@H](C(=O)CO)C(C)C)cc1Cc1ccccc1. The zero-order chi connectivity index (χ0) is 17.5. The van der Waals surface area contributed by atoms with Gasteiger partial charge in [0.1, 0.15) is 12.4 Å². The van der Waals surface area contributed by atoms with Gasteiger partial charge in [0.15, 0.2) is 5.78 Å². The van der Waals surface area contributed by atoms with Crippen LogP contribution in [0, 0.1) is 11.8 Å². The van der Waals surface area contributed by atoms with E-state index in [-0.39, 0.29) is 17.6 Å². The Hall–Kier alpha value is -2.13. The lowest BCUT2D eigenvalue weighted by Gasteiger charge is -2.19. The molecule has 0 amide bonds. The first-order valence-electron chi connectivity index (χ1n) is 8.38. The molecule has 0 fully saturated rings. The average molecular weight is 326 g/mol. The molecule has 3 nitrogen and oxygen atoms in total. The van der Waals surface area contributed by atoms with Crippen LogP contribution >= 0.6 is 0 Å². The molecule has 0 unspecified atom stereocenters. The van der Waals surface area contributed by atoms with E-state index in [0.717, 1.165) is 23.3 Å². The maximum Gasteiger partial charge on any atom is 0.161 e. The zero-order valence-corrected chi connectivity index (χ0v) is 14.7. The van der Waals surface area contributed by atoms with Crippen LogP contribution in [0.1, 0.15) is 30.5 Å². The Bertz CT molecular complexity index is 662. The molecular weight excluding hydrogens is 300 g/mol. The van der Waals surface area contributed by atoms with E-state index in [1.165, 1.54) is 5.56 Å². The fourth-order valence-electron chi connectivity index (χ4n) is 3.01. The molecule has 0 radical (unpaired) electrons. The molecule has 0 saturated carbocycles. The molecule has 128 valence electrons. The van der Waals surface area contributed by atoms with Gasteiger partial charge in [-0.3, -0.25) is 4.79 Å². The second kappa shape index (κ2) is 8.65. The summed E-state index contributed by atoms with van der Waals surface area (Å²) in [5.74, 6) is 0.805. The van der Waals surface area contributed by atoms with Crippen molar-refractivity contribution in [2.45, 2.75) is 26.7 Å². The minimum absolute atomic E-state index is 0.0922. The molecule has 2 aromatic rings. The maximum atomic E-state index is 12.0. The van der Waals surface area contributed by atoms with Gasteiger partial charge in [0.05, 0.1) is 7.11 Å². The number of aliphatic hydroxyl groups excluding tert-OH is 1. The topological polar surface area (TPSA) is 46.5 Å². The number of carbonyl (C=O) groups is 1. The van der Waals surface area contributed by atoms with E-state index in [4.69, 9.17) is 4.74 Å². The van der Waals surface area contributed by atoms with Crippen LogP contribution in [0.5, 0.6) is 5.75 Å². The number of Topliss-reactive ketones (excluding diaryl/α,β-unsaturated/α-hetero) is 1. The summed E-state index contributed by atoms with van der Waals surface area (Å²) >= 11 is 0. The van der Waals surface area contributed by atoms with Gasteiger partial charge in [-0.15, -0.1) is 0 Å². The highest BCUT2D eigenvalue weighted by atomic mass is 16.5. The summed E-state index contributed by atoms with van der Waals surface area (Å²) < 4.78 is 5.49. The van der Waals surface area contributed by atoms with Crippen LogP contribution in [0.3, 0.4) is 0 Å². The lowest BCUT2D eigenvalue weighted by atomic mass is 9.85. The van der Waals surface area contributed by atoms with Crippen LogP contribution in [-0.2, 0) is 17.6 Å². The molecule has 3 heteroatoms. The molecule has 1 atom stereocenters. The third-order valence-electron chi connectivity index (χ3n) is 4.41. The van der Waals surface area contributed by atoms with Gasteiger partial charge in [0, 0.05) is 12.3 Å². The molecule has 24 heavy (non-hydrogen) atoms. The second-order valence-corrected chi connectivity index (χ2v) is 6.49. The zero-order valence-electron chi connectivity index (χ0n) is 14.7. The lowest BCUT2D eigenvalue weighted by Crippen LogP contribution is -2.25. The number of hydrogen-bond acceptors (Lipinski definition) is 3. The van der Waals surface area contributed by atoms with Crippen molar-refractivity contribution < 1.29 is 14.6 Å². The Labute approximate surface area is 144 Å².